The van der Waals surface area contributed by atoms with Crippen LogP contribution in [0.25, 0.3) is 5.65 Å². The number of pyridine rings is 1. The van der Waals surface area contributed by atoms with E-state index in [-0.39, 0.29) is 5.25 Å². The van der Waals surface area contributed by atoms with Crippen molar-refractivity contribution in [3.8, 4) is 0 Å². The molecule has 0 aliphatic heterocycles. The molecule has 2 N–H and O–H groups in total. The highest BCUT2D eigenvalue weighted by molar-refractivity contribution is 9.10. The van der Waals surface area contributed by atoms with Crippen molar-refractivity contribution < 1.29 is 0 Å². The molecule has 0 saturated carbocycles. The number of hydrogen-bond donors (Lipinski definition) is 1. The Labute approximate surface area is 127 Å². The number of thioether (sulfide) groups is 1. The molecule has 0 aromatic carbocycles. The summed E-state index contributed by atoms with van der Waals surface area (Å²) in [7, 11) is 0. The Balaban J connectivity index is 1.90. The summed E-state index contributed by atoms with van der Waals surface area (Å²) in [6.45, 7) is 0.569. The molecule has 19 heavy (non-hydrogen) atoms. The molecule has 0 aliphatic rings. The molecule has 3 aromatic heterocycles. The smallest absolute Gasteiger partial charge is 0.196 e. The van der Waals surface area contributed by atoms with Gasteiger partial charge in [-0.2, -0.15) is 0 Å². The van der Waals surface area contributed by atoms with E-state index in [1.807, 2.05) is 28.8 Å². The first-order chi connectivity index (χ1) is 9.28. The quantitative estimate of drug-likeness (QED) is 0.730. The maximum atomic E-state index is 5.89. The number of fused-ring (bicyclic) bond motifs is 1. The fraction of sp³-hybridized carbons (Fsp3) is 0.167. The summed E-state index contributed by atoms with van der Waals surface area (Å²) in [6, 6.07) is 7.98. The van der Waals surface area contributed by atoms with E-state index >= 15 is 0 Å². The van der Waals surface area contributed by atoms with Gasteiger partial charge in [0.1, 0.15) is 0 Å². The molecule has 0 bridgehead atoms. The second kappa shape index (κ2) is 5.62. The number of thiophene rings is 1. The molecule has 0 radical (unpaired) electrons. The van der Waals surface area contributed by atoms with Crippen molar-refractivity contribution in [1.29, 1.82) is 0 Å². The highest BCUT2D eigenvalue weighted by atomic mass is 79.9. The molecule has 0 fully saturated rings. The van der Waals surface area contributed by atoms with Crippen LogP contribution in [0.15, 0.2) is 45.5 Å². The molecule has 0 saturated heterocycles. The zero-order chi connectivity index (χ0) is 13.2. The van der Waals surface area contributed by atoms with E-state index in [0.717, 1.165) is 15.3 Å². The molecule has 3 aromatic rings. The van der Waals surface area contributed by atoms with Crippen molar-refractivity contribution in [2.45, 2.75) is 10.4 Å². The van der Waals surface area contributed by atoms with Crippen molar-refractivity contribution in [3.63, 3.8) is 0 Å². The first-order valence-electron chi connectivity index (χ1n) is 5.68. The highest BCUT2D eigenvalue weighted by Gasteiger charge is 2.17. The summed E-state index contributed by atoms with van der Waals surface area (Å²) in [6.07, 6.45) is 1.97. The molecule has 3 heterocycles. The second-order valence-electron chi connectivity index (χ2n) is 3.92. The van der Waals surface area contributed by atoms with Crippen molar-refractivity contribution in [2.75, 3.05) is 6.54 Å². The van der Waals surface area contributed by atoms with E-state index in [9.17, 15) is 0 Å². The van der Waals surface area contributed by atoms with Gasteiger partial charge in [-0.15, -0.1) is 21.5 Å². The van der Waals surface area contributed by atoms with Gasteiger partial charge in [-0.1, -0.05) is 17.8 Å². The van der Waals surface area contributed by atoms with Gasteiger partial charge < -0.3 is 5.73 Å². The SMILES string of the molecule is NCC(Sc1nnc2ccccn12)c1cc(Br)cs1. The van der Waals surface area contributed by atoms with Crippen LogP contribution in [-0.2, 0) is 0 Å². The molecule has 4 nitrogen and oxygen atoms in total. The molecule has 1 atom stereocenters. The van der Waals surface area contributed by atoms with Gasteiger partial charge in [-0.05, 0) is 34.1 Å². The van der Waals surface area contributed by atoms with Crippen LogP contribution >= 0.6 is 39.0 Å². The van der Waals surface area contributed by atoms with Gasteiger partial charge in [0.15, 0.2) is 10.8 Å². The van der Waals surface area contributed by atoms with Crippen LogP contribution < -0.4 is 5.73 Å². The van der Waals surface area contributed by atoms with Crippen molar-refractivity contribution in [2.24, 2.45) is 5.73 Å². The van der Waals surface area contributed by atoms with E-state index in [1.54, 1.807) is 23.1 Å². The Morgan fingerprint density at radius 2 is 2.32 bits per heavy atom. The summed E-state index contributed by atoms with van der Waals surface area (Å²) >= 11 is 6.82. The molecule has 0 amide bonds. The molecule has 0 aliphatic carbocycles. The third-order valence-electron chi connectivity index (χ3n) is 2.65. The van der Waals surface area contributed by atoms with Crippen LogP contribution in [0.4, 0.5) is 0 Å². The molecular weight excluding hydrogens is 344 g/mol. The zero-order valence-electron chi connectivity index (χ0n) is 9.86. The standard InChI is InChI=1S/C12H11BrN4S2/c13-8-5-9(18-7-8)10(6-14)19-12-16-15-11-3-1-2-4-17(11)12/h1-5,7,10H,6,14H2. The summed E-state index contributed by atoms with van der Waals surface area (Å²) in [5, 5.41) is 11.5. The minimum absolute atomic E-state index is 0.198. The van der Waals surface area contributed by atoms with Gasteiger partial charge in [0.25, 0.3) is 0 Å². The Kier molecular flexibility index (Phi) is 3.88. The molecule has 98 valence electrons. The lowest BCUT2D eigenvalue weighted by Crippen LogP contribution is -2.08. The van der Waals surface area contributed by atoms with Gasteiger partial charge >= 0.3 is 0 Å². The topological polar surface area (TPSA) is 56.2 Å². The average molecular weight is 355 g/mol. The van der Waals surface area contributed by atoms with Crippen LogP contribution in [0.2, 0.25) is 0 Å². The normalized spacial score (nSPS) is 12.9. The lowest BCUT2D eigenvalue weighted by Gasteiger charge is -2.10. The van der Waals surface area contributed by atoms with E-state index < -0.39 is 0 Å². The minimum Gasteiger partial charge on any atom is -0.329 e. The fourth-order valence-electron chi connectivity index (χ4n) is 1.75. The summed E-state index contributed by atoms with van der Waals surface area (Å²) in [5.74, 6) is 0. The third-order valence-corrected chi connectivity index (χ3v) is 5.83. The van der Waals surface area contributed by atoms with E-state index in [1.165, 1.54) is 4.88 Å². The maximum Gasteiger partial charge on any atom is 0.196 e. The van der Waals surface area contributed by atoms with Gasteiger partial charge in [-0.3, -0.25) is 4.40 Å². The first-order valence-corrected chi connectivity index (χ1v) is 8.23. The number of hydrogen-bond acceptors (Lipinski definition) is 5. The Hall–Kier alpha value is -0.890. The molecule has 1 unspecified atom stereocenters. The maximum absolute atomic E-state index is 5.89. The number of halogens is 1. The highest BCUT2D eigenvalue weighted by Crippen LogP contribution is 2.37. The predicted molar refractivity (Wildman–Crippen MR) is 82.7 cm³/mol. The Morgan fingerprint density at radius 3 is 3.05 bits per heavy atom. The van der Waals surface area contributed by atoms with Gasteiger partial charge in [0.05, 0.1) is 5.25 Å². The van der Waals surface area contributed by atoms with Crippen LogP contribution in [0, 0.1) is 0 Å². The summed E-state index contributed by atoms with van der Waals surface area (Å²) in [5.41, 5.74) is 6.74. The molecule has 3 rings (SSSR count). The van der Waals surface area contributed by atoms with Crippen molar-refractivity contribution >= 4 is 44.7 Å². The van der Waals surface area contributed by atoms with Crippen LogP contribution in [-0.4, -0.2) is 21.1 Å². The van der Waals surface area contributed by atoms with Crippen LogP contribution in [0.3, 0.4) is 0 Å². The number of nitrogens with zero attached hydrogens (tertiary/aromatic N) is 3. The Morgan fingerprint density at radius 1 is 1.42 bits per heavy atom. The van der Waals surface area contributed by atoms with Crippen LogP contribution in [0.5, 0.6) is 0 Å². The van der Waals surface area contributed by atoms with Gasteiger partial charge in [0, 0.05) is 27.5 Å². The number of aromatic nitrogens is 3. The van der Waals surface area contributed by atoms with E-state index in [0.29, 0.717) is 6.54 Å². The lowest BCUT2D eigenvalue weighted by molar-refractivity contribution is 0.894. The molecule has 0 spiro atoms. The Bertz CT molecular complexity index is 694. The number of rotatable bonds is 4. The van der Waals surface area contributed by atoms with Crippen molar-refractivity contribution in [3.05, 3.63) is 45.2 Å². The van der Waals surface area contributed by atoms with Crippen LogP contribution in [0.1, 0.15) is 10.1 Å². The second-order valence-corrected chi connectivity index (χ2v) is 6.95. The molecular formula is C12H11BrN4S2. The monoisotopic (exact) mass is 354 g/mol. The largest absolute Gasteiger partial charge is 0.329 e. The van der Waals surface area contributed by atoms with Crippen molar-refractivity contribution in [1.82, 2.24) is 14.6 Å². The first kappa shape index (κ1) is 13.1. The average Bonchev–Trinajstić information content (AvgIpc) is 3.03. The molecule has 7 heteroatoms. The summed E-state index contributed by atoms with van der Waals surface area (Å²) in [4.78, 5) is 1.24. The number of nitrogens with two attached hydrogens (primary N) is 1. The summed E-state index contributed by atoms with van der Waals surface area (Å²) < 4.78 is 3.08. The lowest BCUT2D eigenvalue weighted by atomic mass is 10.3. The minimum atomic E-state index is 0.198. The fourth-order valence-corrected chi connectivity index (χ4v) is 4.39. The third kappa shape index (κ3) is 2.69. The predicted octanol–water partition coefficient (Wildman–Crippen LogP) is 3.35. The van der Waals surface area contributed by atoms with Gasteiger partial charge in [0.2, 0.25) is 0 Å². The van der Waals surface area contributed by atoms with E-state index in [2.05, 4.69) is 37.6 Å². The van der Waals surface area contributed by atoms with E-state index in [4.69, 9.17) is 5.73 Å². The zero-order valence-corrected chi connectivity index (χ0v) is 13.1. The van der Waals surface area contributed by atoms with Gasteiger partial charge in [-0.25, -0.2) is 0 Å².